The van der Waals surface area contributed by atoms with Crippen LogP contribution in [0.2, 0.25) is 0 Å². The van der Waals surface area contributed by atoms with Gasteiger partial charge in [-0.05, 0) is 38.0 Å². The number of aryl methyl sites for hydroxylation is 1. The molecule has 1 atom stereocenters. The van der Waals surface area contributed by atoms with Crippen LogP contribution in [0.3, 0.4) is 0 Å². The van der Waals surface area contributed by atoms with Crippen molar-refractivity contribution in [2.75, 3.05) is 7.11 Å². The first-order valence-corrected chi connectivity index (χ1v) is 7.92. The highest BCUT2D eigenvalue weighted by Gasteiger charge is 2.40. The van der Waals surface area contributed by atoms with Gasteiger partial charge in [0.2, 0.25) is 0 Å². The average Bonchev–Trinajstić information content (AvgIpc) is 2.88. The van der Waals surface area contributed by atoms with Crippen molar-refractivity contribution in [2.45, 2.75) is 70.6 Å². The smallest absolute Gasteiger partial charge is 0.110 e. The summed E-state index contributed by atoms with van der Waals surface area (Å²) in [7, 11) is 1.81. The van der Waals surface area contributed by atoms with Crippen LogP contribution in [0.25, 0.3) is 0 Å². The first-order chi connectivity index (χ1) is 9.61. The Bertz CT molecular complexity index is 408. The molecule has 1 aliphatic rings. The highest BCUT2D eigenvalue weighted by atomic mass is 16.5. The molecule has 4 nitrogen and oxygen atoms in total. The van der Waals surface area contributed by atoms with Gasteiger partial charge in [0.1, 0.15) is 5.82 Å². The van der Waals surface area contributed by atoms with Gasteiger partial charge in [-0.2, -0.15) is 0 Å². The number of ether oxygens (including phenoxy) is 1. The van der Waals surface area contributed by atoms with E-state index < -0.39 is 0 Å². The molecule has 0 spiro atoms. The fourth-order valence-electron chi connectivity index (χ4n) is 3.33. The summed E-state index contributed by atoms with van der Waals surface area (Å²) in [4.78, 5) is 4.48. The Morgan fingerprint density at radius 3 is 2.80 bits per heavy atom. The lowest BCUT2D eigenvalue weighted by atomic mass is 9.74. The van der Waals surface area contributed by atoms with Gasteiger partial charge in [-0.3, -0.25) is 0 Å². The Balaban J connectivity index is 2.05. The van der Waals surface area contributed by atoms with Gasteiger partial charge in [0.15, 0.2) is 0 Å². The third-order valence-corrected chi connectivity index (χ3v) is 4.87. The standard InChI is InChI=1S/C16H29N3O/c1-4-10-19-11-9-18-15(19)12-14(17)16(20-3)7-5-13(2)6-8-16/h9,11,13-14H,4-8,10,12,17H2,1-3H3. The SMILES string of the molecule is CCCn1ccnc1CC(N)C1(OC)CCC(C)CC1. The summed E-state index contributed by atoms with van der Waals surface area (Å²) in [5.41, 5.74) is 6.36. The Hall–Kier alpha value is -0.870. The van der Waals surface area contributed by atoms with E-state index in [1.165, 1.54) is 12.8 Å². The molecule has 1 aromatic rings. The van der Waals surface area contributed by atoms with E-state index in [2.05, 4.69) is 23.4 Å². The summed E-state index contributed by atoms with van der Waals surface area (Å²) in [6.45, 7) is 5.51. The predicted octanol–water partition coefficient (Wildman–Crippen LogP) is 2.76. The number of aromatic nitrogens is 2. The molecular formula is C16H29N3O. The number of rotatable bonds is 6. The molecule has 2 rings (SSSR count). The molecule has 114 valence electrons. The van der Waals surface area contributed by atoms with Crippen LogP contribution in [0, 0.1) is 5.92 Å². The zero-order valence-corrected chi connectivity index (χ0v) is 13.1. The summed E-state index contributed by atoms with van der Waals surface area (Å²) in [5, 5.41) is 0. The summed E-state index contributed by atoms with van der Waals surface area (Å²) in [6, 6.07) is 0.0259. The summed E-state index contributed by atoms with van der Waals surface area (Å²) >= 11 is 0. The molecule has 0 radical (unpaired) electrons. The summed E-state index contributed by atoms with van der Waals surface area (Å²) in [6.07, 6.45) is 10.4. The van der Waals surface area contributed by atoms with E-state index in [0.717, 1.165) is 44.0 Å². The zero-order chi connectivity index (χ0) is 14.6. The van der Waals surface area contributed by atoms with Crippen molar-refractivity contribution >= 4 is 0 Å². The second-order valence-corrected chi connectivity index (χ2v) is 6.30. The van der Waals surface area contributed by atoms with Crippen molar-refractivity contribution in [3.63, 3.8) is 0 Å². The molecule has 0 amide bonds. The maximum Gasteiger partial charge on any atom is 0.110 e. The van der Waals surface area contributed by atoms with Gasteiger partial charge in [-0.25, -0.2) is 4.98 Å². The van der Waals surface area contributed by atoms with E-state index in [0.29, 0.717) is 0 Å². The monoisotopic (exact) mass is 279 g/mol. The van der Waals surface area contributed by atoms with Crippen LogP contribution in [0.5, 0.6) is 0 Å². The molecule has 1 unspecified atom stereocenters. The number of hydrogen-bond acceptors (Lipinski definition) is 3. The Morgan fingerprint density at radius 1 is 1.50 bits per heavy atom. The van der Waals surface area contributed by atoms with E-state index >= 15 is 0 Å². The van der Waals surface area contributed by atoms with Gasteiger partial charge in [-0.15, -0.1) is 0 Å². The maximum absolute atomic E-state index is 6.52. The van der Waals surface area contributed by atoms with Crippen molar-refractivity contribution in [3.8, 4) is 0 Å². The topological polar surface area (TPSA) is 53.1 Å². The summed E-state index contributed by atoms with van der Waals surface area (Å²) in [5.74, 6) is 1.89. The largest absolute Gasteiger partial charge is 0.377 e. The number of hydrogen-bond donors (Lipinski definition) is 1. The highest BCUT2D eigenvalue weighted by Crippen LogP contribution is 2.37. The second kappa shape index (κ2) is 6.72. The van der Waals surface area contributed by atoms with Crippen molar-refractivity contribution in [1.82, 2.24) is 9.55 Å². The molecule has 0 aromatic carbocycles. The van der Waals surface area contributed by atoms with Gasteiger partial charge in [0.25, 0.3) is 0 Å². The van der Waals surface area contributed by atoms with Crippen molar-refractivity contribution in [3.05, 3.63) is 18.2 Å². The first-order valence-electron chi connectivity index (χ1n) is 7.92. The maximum atomic E-state index is 6.52. The molecule has 0 saturated heterocycles. The van der Waals surface area contributed by atoms with Crippen LogP contribution in [0.4, 0.5) is 0 Å². The number of nitrogens with zero attached hydrogens (tertiary/aromatic N) is 2. The molecule has 20 heavy (non-hydrogen) atoms. The number of imidazole rings is 1. The zero-order valence-electron chi connectivity index (χ0n) is 13.1. The lowest BCUT2D eigenvalue weighted by Crippen LogP contribution is -2.53. The lowest BCUT2D eigenvalue weighted by Gasteiger charge is -2.42. The Labute approximate surface area is 122 Å². The van der Waals surface area contributed by atoms with Crippen molar-refractivity contribution in [2.24, 2.45) is 11.7 Å². The Morgan fingerprint density at radius 2 is 2.20 bits per heavy atom. The molecule has 0 bridgehead atoms. The first kappa shape index (κ1) is 15.5. The van der Waals surface area contributed by atoms with E-state index in [4.69, 9.17) is 10.5 Å². The Kier molecular flexibility index (Phi) is 5.22. The van der Waals surface area contributed by atoms with E-state index in [1.54, 1.807) is 0 Å². The fourth-order valence-corrected chi connectivity index (χ4v) is 3.33. The molecule has 4 heteroatoms. The molecular weight excluding hydrogens is 250 g/mol. The third-order valence-electron chi connectivity index (χ3n) is 4.87. The predicted molar refractivity (Wildman–Crippen MR) is 81.6 cm³/mol. The number of methoxy groups -OCH3 is 1. The highest BCUT2D eigenvalue weighted by molar-refractivity contribution is 5.02. The number of nitrogens with two attached hydrogens (primary N) is 1. The van der Waals surface area contributed by atoms with Gasteiger partial charge in [-0.1, -0.05) is 13.8 Å². The average molecular weight is 279 g/mol. The second-order valence-electron chi connectivity index (χ2n) is 6.30. The molecule has 1 aliphatic carbocycles. The normalized spacial score (nSPS) is 28.5. The van der Waals surface area contributed by atoms with Crippen LogP contribution in [-0.2, 0) is 17.7 Å². The van der Waals surface area contributed by atoms with Crippen molar-refractivity contribution in [1.29, 1.82) is 0 Å². The van der Waals surface area contributed by atoms with Crippen molar-refractivity contribution < 1.29 is 4.74 Å². The molecule has 0 aliphatic heterocycles. The van der Waals surface area contributed by atoms with Crippen LogP contribution < -0.4 is 5.73 Å². The molecule has 1 fully saturated rings. The lowest BCUT2D eigenvalue weighted by molar-refractivity contribution is -0.0663. The minimum absolute atomic E-state index is 0.0259. The van der Waals surface area contributed by atoms with E-state index in [-0.39, 0.29) is 11.6 Å². The van der Waals surface area contributed by atoms with Crippen LogP contribution >= 0.6 is 0 Å². The van der Waals surface area contributed by atoms with Crippen LogP contribution in [-0.4, -0.2) is 28.3 Å². The molecule has 1 aromatic heterocycles. The minimum atomic E-state index is -0.157. The third kappa shape index (κ3) is 3.23. The van der Waals surface area contributed by atoms with Gasteiger partial charge in [0, 0.05) is 38.5 Å². The van der Waals surface area contributed by atoms with E-state index in [1.807, 2.05) is 19.5 Å². The van der Waals surface area contributed by atoms with Gasteiger partial charge in [0.05, 0.1) is 5.60 Å². The molecule has 2 N–H and O–H groups in total. The van der Waals surface area contributed by atoms with Gasteiger partial charge < -0.3 is 15.0 Å². The quantitative estimate of drug-likeness (QED) is 0.871. The van der Waals surface area contributed by atoms with Crippen LogP contribution in [0.1, 0.15) is 51.8 Å². The van der Waals surface area contributed by atoms with Gasteiger partial charge >= 0.3 is 0 Å². The molecule has 1 saturated carbocycles. The minimum Gasteiger partial charge on any atom is -0.377 e. The van der Waals surface area contributed by atoms with Crippen LogP contribution in [0.15, 0.2) is 12.4 Å². The fraction of sp³-hybridized carbons (Fsp3) is 0.812. The van der Waals surface area contributed by atoms with E-state index in [9.17, 15) is 0 Å². The molecule has 1 heterocycles. The summed E-state index contributed by atoms with van der Waals surface area (Å²) < 4.78 is 8.09.